The van der Waals surface area contributed by atoms with Gasteiger partial charge in [-0.05, 0) is 131 Å². The fourth-order valence-electron chi connectivity index (χ4n) is 11.3. The molecule has 0 radical (unpaired) electrons. The lowest BCUT2D eigenvalue weighted by molar-refractivity contribution is -0.373. The van der Waals surface area contributed by atoms with Crippen molar-refractivity contribution < 1.29 is 72.0 Å². The second-order valence-electron chi connectivity index (χ2n) is 21.3. The van der Waals surface area contributed by atoms with Crippen LogP contribution in [0.1, 0.15) is 127 Å². The average molecular weight is 965 g/mol. The molecule has 10 atom stereocenters. The van der Waals surface area contributed by atoms with E-state index >= 15 is 4.79 Å². The lowest BCUT2D eigenvalue weighted by atomic mass is 9.51. The Hall–Kier alpha value is -5.42. The van der Waals surface area contributed by atoms with Gasteiger partial charge in [0, 0.05) is 35.0 Å². The minimum atomic E-state index is -1.71. The van der Waals surface area contributed by atoms with Gasteiger partial charge in [0.25, 0.3) is 0 Å². The summed E-state index contributed by atoms with van der Waals surface area (Å²) in [7, 11) is 1.28. The molecule has 1 spiro atoms. The summed E-state index contributed by atoms with van der Waals surface area (Å²) >= 11 is 0. The van der Waals surface area contributed by atoms with Crippen LogP contribution in [-0.2, 0) is 39.7 Å². The summed E-state index contributed by atoms with van der Waals surface area (Å²) in [4.78, 5) is 57.9. The minimum absolute atomic E-state index is 0.00970. The van der Waals surface area contributed by atoms with Gasteiger partial charge in [0.1, 0.15) is 52.8 Å². The van der Waals surface area contributed by atoms with Crippen LogP contribution in [0.5, 0.6) is 23.0 Å². The molecule has 15 heteroatoms. The van der Waals surface area contributed by atoms with Crippen molar-refractivity contribution >= 4 is 29.6 Å². The van der Waals surface area contributed by atoms with E-state index in [1.165, 1.54) is 36.9 Å². The van der Waals surface area contributed by atoms with E-state index in [1.807, 2.05) is 66.7 Å². The molecule has 2 aromatic rings. The van der Waals surface area contributed by atoms with Crippen LogP contribution >= 0.6 is 0 Å². The maximum absolute atomic E-state index is 15.8. The molecule has 1 saturated carbocycles. The molecule has 4 bridgehead atoms. The second kappa shape index (κ2) is 17.7. The predicted molar refractivity (Wildman–Crippen MR) is 255 cm³/mol. The van der Waals surface area contributed by atoms with Crippen LogP contribution in [0, 0.1) is 11.8 Å². The number of hydrogen-bond acceptors (Lipinski definition) is 15. The van der Waals surface area contributed by atoms with E-state index in [4.69, 9.17) is 42.6 Å². The minimum Gasteiger partial charge on any atom is -0.482 e. The Balaban J connectivity index is 1.14. The molecule has 5 aliphatic heterocycles. The van der Waals surface area contributed by atoms with E-state index in [2.05, 4.69) is 6.08 Å². The Morgan fingerprint density at radius 3 is 2.30 bits per heavy atom. The Morgan fingerprint density at radius 1 is 0.900 bits per heavy atom. The van der Waals surface area contributed by atoms with E-state index in [0.717, 1.165) is 5.57 Å². The monoisotopic (exact) mass is 964 g/mol. The van der Waals surface area contributed by atoms with E-state index < -0.39 is 88.5 Å². The summed E-state index contributed by atoms with van der Waals surface area (Å²) in [6.07, 6.45) is 7.47. The fourth-order valence-corrected chi connectivity index (χ4v) is 11.3. The zero-order valence-electron chi connectivity index (χ0n) is 41.8. The summed E-state index contributed by atoms with van der Waals surface area (Å²) in [5.41, 5.74) is -1.46. The third kappa shape index (κ3) is 8.16. The number of aliphatic hydroxyl groups is 2. The number of methoxy groups -OCH3 is 1. The van der Waals surface area contributed by atoms with Crippen molar-refractivity contribution in [3.05, 3.63) is 99.2 Å². The number of rotatable bonds is 12. The molecule has 70 heavy (non-hydrogen) atoms. The van der Waals surface area contributed by atoms with Gasteiger partial charge >= 0.3 is 11.9 Å². The maximum Gasteiger partial charge on any atom is 0.343 e. The topological polar surface area (TPSA) is 192 Å². The first-order chi connectivity index (χ1) is 32.9. The van der Waals surface area contributed by atoms with Gasteiger partial charge in [-0.15, -0.1) is 0 Å². The third-order valence-corrected chi connectivity index (χ3v) is 14.8. The molecule has 0 aromatic heterocycles. The fraction of sp³-hybridized carbons (Fsp3) is 0.527. The average Bonchev–Trinajstić information content (AvgIpc) is 3.46. The number of ether oxygens (including phenoxy) is 9. The summed E-state index contributed by atoms with van der Waals surface area (Å²) in [5, 5.41) is 21.9. The van der Waals surface area contributed by atoms with Gasteiger partial charge in [-0.25, -0.2) is 9.59 Å². The molecule has 2 aromatic carbocycles. The SMILES string of the molecule is COC(=O)/C(C)=C\CC12OC(C)(C)C3CC(C=C4C(=O)c5c(OC(=O)c6ccc(O[C@@H]7O[C@@H]8COC(C)(C)O[C@H]8[C@@H](O)[C@H]7O)cc6)c6c(c(CC=C(C)C)c5OC431)OC(C)(CCC=C(C)C)C=C6)C2=O. The van der Waals surface area contributed by atoms with Crippen molar-refractivity contribution in [3.8, 4) is 23.0 Å². The van der Waals surface area contributed by atoms with Crippen LogP contribution in [0.2, 0.25) is 0 Å². The highest BCUT2D eigenvalue weighted by Gasteiger charge is 2.81. The first kappa shape index (κ1) is 49.6. The van der Waals surface area contributed by atoms with Gasteiger partial charge in [0.05, 0.1) is 30.4 Å². The van der Waals surface area contributed by atoms with Gasteiger partial charge < -0.3 is 52.8 Å². The number of ketones is 2. The number of Topliss-reactive ketones (excluding diaryl/α,β-unsaturated/α-hetero) is 2. The van der Waals surface area contributed by atoms with Gasteiger partial charge in [0.2, 0.25) is 6.29 Å². The highest BCUT2D eigenvalue weighted by molar-refractivity contribution is 6.19. The number of hydrogen-bond donors (Lipinski definition) is 2. The lowest BCUT2D eigenvalue weighted by Crippen LogP contribution is -2.72. The molecule has 4 fully saturated rings. The van der Waals surface area contributed by atoms with Crippen LogP contribution in [0.4, 0.5) is 0 Å². The molecule has 15 nitrogen and oxygen atoms in total. The van der Waals surface area contributed by atoms with Crippen LogP contribution in [-0.4, -0.2) is 106 Å². The number of fused-ring (bicyclic) bond motifs is 3. The Bertz CT molecular complexity index is 2680. The molecule has 5 unspecified atom stereocenters. The Morgan fingerprint density at radius 2 is 1.61 bits per heavy atom. The van der Waals surface area contributed by atoms with Crippen molar-refractivity contribution in [3.63, 3.8) is 0 Å². The van der Waals surface area contributed by atoms with Crippen molar-refractivity contribution in [1.29, 1.82) is 0 Å². The van der Waals surface area contributed by atoms with E-state index in [9.17, 15) is 24.6 Å². The van der Waals surface area contributed by atoms with Gasteiger partial charge in [-0.3, -0.25) is 9.59 Å². The highest BCUT2D eigenvalue weighted by atomic mass is 16.8. The normalized spacial score (nSPS) is 32.7. The molecular formula is C55H64O15. The zero-order valence-corrected chi connectivity index (χ0v) is 41.8. The largest absolute Gasteiger partial charge is 0.482 e. The molecule has 2 N–H and O–H groups in total. The quantitative estimate of drug-likeness (QED) is 0.0905. The first-order valence-corrected chi connectivity index (χ1v) is 24.1. The highest BCUT2D eigenvalue weighted by Crippen LogP contribution is 2.69. The van der Waals surface area contributed by atoms with Gasteiger partial charge in [-0.2, -0.15) is 0 Å². The molecule has 374 valence electrons. The van der Waals surface area contributed by atoms with E-state index in [1.54, 1.807) is 32.9 Å². The summed E-state index contributed by atoms with van der Waals surface area (Å²) in [6, 6.07) is 5.95. The zero-order chi connectivity index (χ0) is 50.5. The van der Waals surface area contributed by atoms with Gasteiger partial charge in [-0.1, -0.05) is 35.5 Å². The molecule has 3 saturated heterocycles. The standard InChI is InChI=1S/C55H64O15/c1-28(2)13-12-22-53(10)23-21-35-43(68-53)34(19-14-29(3)4)45-39(40(56)36-25-32-26-38-51(6,7)70-54(47(32)59,55(36,38)69-45)24-20-30(5)48(60)62-11)44(35)66-49(61)31-15-17-33(18-16-31)64-50-42(58)41(57)46-37(65-50)27-63-52(8,9)67-46/h13-18,20-21,23,25,32,37-38,41-42,46,50,57-58H,12,19,22,24,26-27H2,1-11H3/b30-20-/t32?,37-,38?,41+,42-,46-,50-,53?,54?,55?/m1/s1. The number of aliphatic hydroxyl groups excluding tert-OH is 2. The van der Waals surface area contributed by atoms with E-state index in [-0.39, 0.29) is 64.8 Å². The predicted octanol–water partition coefficient (Wildman–Crippen LogP) is 7.82. The summed E-state index contributed by atoms with van der Waals surface area (Å²) in [6.45, 7) is 18.9. The van der Waals surface area contributed by atoms with Crippen LogP contribution < -0.4 is 18.9 Å². The number of allylic oxidation sites excluding steroid dienone is 5. The number of carbonyl (C=O) groups is 4. The summed E-state index contributed by atoms with van der Waals surface area (Å²) < 4.78 is 56.4. The number of carbonyl (C=O) groups excluding carboxylic acids is 4. The number of benzene rings is 2. The van der Waals surface area contributed by atoms with Crippen molar-refractivity contribution in [2.45, 2.75) is 160 Å². The Labute approximate surface area is 408 Å². The van der Waals surface area contributed by atoms with Crippen LogP contribution in [0.15, 0.2) is 76.9 Å². The second-order valence-corrected chi connectivity index (χ2v) is 21.3. The molecule has 10 rings (SSSR count). The smallest absolute Gasteiger partial charge is 0.343 e. The van der Waals surface area contributed by atoms with Crippen LogP contribution in [0.25, 0.3) is 6.08 Å². The lowest BCUT2D eigenvalue weighted by Gasteiger charge is -2.56. The molecule has 3 aliphatic carbocycles. The third-order valence-electron chi connectivity index (χ3n) is 14.8. The maximum atomic E-state index is 15.8. The molecule has 8 aliphatic rings. The first-order valence-electron chi connectivity index (χ1n) is 24.1. The summed E-state index contributed by atoms with van der Waals surface area (Å²) in [5.74, 6) is -3.60. The van der Waals surface area contributed by atoms with Crippen LogP contribution in [0.3, 0.4) is 0 Å². The molecule has 0 amide bonds. The Kier molecular flexibility index (Phi) is 12.5. The van der Waals surface area contributed by atoms with Crippen molar-refractivity contribution in [2.24, 2.45) is 11.8 Å². The van der Waals surface area contributed by atoms with Crippen molar-refractivity contribution in [2.75, 3.05) is 13.7 Å². The molecular weight excluding hydrogens is 901 g/mol. The molecule has 5 heterocycles. The van der Waals surface area contributed by atoms with E-state index in [0.29, 0.717) is 36.1 Å². The van der Waals surface area contributed by atoms with Crippen molar-refractivity contribution in [1.82, 2.24) is 0 Å². The number of esters is 2. The van der Waals surface area contributed by atoms with Gasteiger partial charge in [0.15, 0.2) is 34.3 Å².